The Labute approximate surface area is 135 Å². The lowest BCUT2D eigenvalue weighted by molar-refractivity contribution is 0.469. The van der Waals surface area contributed by atoms with Gasteiger partial charge >= 0.3 is 0 Å². The highest BCUT2D eigenvalue weighted by molar-refractivity contribution is 6.31. The van der Waals surface area contributed by atoms with Crippen LogP contribution in [0, 0.1) is 6.92 Å². The number of halogens is 2. The zero-order chi connectivity index (χ0) is 14.8. The predicted molar refractivity (Wildman–Crippen MR) is 87.6 cm³/mol. The van der Waals surface area contributed by atoms with Crippen molar-refractivity contribution in [1.82, 2.24) is 5.32 Å². The van der Waals surface area contributed by atoms with Crippen LogP contribution < -0.4 is 10.1 Å². The van der Waals surface area contributed by atoms with Crippen molar-refractivity contribution in [2.24, 2.45) is 0 Å². The van der Waals surface area contributed by atoms with Gasteiger partial charge in [-0.15, -0.1) is 0 Å². The molecular formula is C17H17Cl2NO. The molecule has 1 aliphatic rings. The monoisotopic (exact) mass is 321 g/mol. The van der Waals surface area contributed by atoms with Gasteiger partial charge in [0.2, 0.25) is 0 Å². The maximum Gasteiger partial charge on any atom is 0.133 e. The van der Waals surface area contributed by atoms with Crippen molar-refractivity contribution < 1.29 is 4.74 Å². The van der Waals surface area contributed by atoms with Gasteiger partial charge in [-0.05, 0) is 49.6 Å². The second-order valence-corrected chi connectivity index (χ2v) is 6.23. The summed E-state index contributed by atoms with van der Waals surface area (Å²) in [6.45, 7) is 2.72. The maximum absolute atomic E-state index is 6.32. The fourth-order valence-corrected chi connectivity index (χ4v) is 2.54. The van der Waals surface area contributed by atoms with Crippen LogP contribution in [-0.2, 0) is 6.54 Å². The van der Waals surface area contributed by atoms with Gasteiger partial charge in [0.25, 0.3) is 0 Å². The fraction of sp³-hybridized carbons (Fsp3) is 0.294. The van der Waals surface area contributed by atoms with Crippen LogP contribution in [0.2, 0.25) is 10.0 Å². The smallest absolute Gasteiger partial charge is 0.133 e. The minimum Gasteiger partial charge on any atom is -0.457 e. The molecule has 1 fully saturated rings. The normalized spacial score (nSPS) is 14.2. The molecule has 4 heteroatoms. The molecule has 2 aromatic rings. The first-order chi connectivity index (χ1) is 10.1. The van der Waals surface area contributed by atoms with Gasteiger partial charge in [0.1, 0.15) is 11.5 Å². The van der Waals surface area contributed by atoms with Gasteiger partial charge in [-0.2, -0.15) is 0 Å². The molecule has 2 nitrogen and oxygen atoms in total. The van der Waals surface area contributed by atoms with Gasteiger partial charge in [-0.25, -0.2) is 0 Å². The molecule has 1 saturated carbocycles. The quantitative estimate of drug-likeness (QED) is 0.801. The minimum atomic E-state index is 0.627. The van der Waals surface area contributed by atoms with E-state index in [0.717, 1.165) is 34.2 Å². The second kappa shape index (κ2) is 6.27. The van der Waals surface area contributed by atoms with E-state index in [1.165, 1.54) is 12.8 Å². The molecule has 0 atom stereocenters. The van der Waals surface area contributed by atoms with E-state index in [9.17, 15) is 0 Å². The minimum absolute atomic E-state index is 0.627. The third-order valence-corrected chi connectivity index (χ3v) is 4.18. The molecule has 0 aromatic heterocycles. The molecule has 0 amide bonds. The molecule has 0 aliphatic heterocycles. The highest BCUT2D eigenvalue weighted by Gasteiger charge is 2.21. The van der Waals surface area contributed by atoms with Crippen molar-refractivity contribution in [3.63, 3.8) is 0 Å². The van der Waals surface area contributed by atoms with Crippen LogP contribution >= 0.6 is 23.2 Å². The lowest BCUT2D eigenvalue weighted by Gasteiger charge is -2.15. The molecule has 2 aromatic carbocycles. The molecule has 0 unspecified atom stereocenters. The Morgan fingerprint density at radius 2 is 1.95 bits per heavy atom. The third kappa shape index (κ3) is 3.70. The first kappa shape index (κ1) is 14.7. The van der Waals surface area contributed by atoms with E-state index in [0.29, 0.717) is 11.1 Å². The Morgan fingerprint density at radius 3 is 2.71 bits per heavy atom. The summed E-state index contributed by atoms with van der Waals surface area (Å²) in [5.74, 6) is 1.54. The van der Waals surface area contributed by atoms with Crippen LogP contribution in [-0.4, -0.2) is 6.04 Å². The molecular weight excluding hydrogens is 305 g/mol. The summed E-state index contributed by atoms with van der Waals surface area (Å²) in [6.07, 6.45) is 2.49. The summed E-state index contributed by atoms with van der Waals surface area (Å²) in [4.78, 5) is 0. The zero-order valence-corrected chi connectivity index (χ0v) is 13.3. The van der Waals surface area contributed by atoms with E-state index >= 15 is 0 Å². The molecule has 21 heavy (non-hydrogen) atoms. The number of rotatable bonds is 5. The van der Waals surface area contributed by atoms with E-state index in [2.05, 4.69) is 5.32 Å². The van der Waals surface area contributed by atoms with Crippen molar-refractivity contribution >= 4 is 23.2 Å². The largest absolute Gasteiger partial charge is 0.457 e. The summed E-state index contributed by atoms with van der Waals surface area (Å²) in [5.41, 5.74) is 2.03. The van der Waals surface area contributed by atoms with Gasteiger partial charge < -0.3 is 10.1 Å². The van der Waals surface area contributed by atoms with Crippen molar-refractivity contribution in [3.8, 4) is 11.5 Å². The van der Waals surface area contributed by atoms with E-state index in [4.69, 9.17) is 27.9 Å². The Morgan fingerprint density at radius 1 is 1.14 bits per heavy atom. The SMILES string of the molecule is Cc1ccc(Cl)cc1Oc1cccc(Cl)c1CNC1CC1. The average Bonchev–Trinajstić information content (AvgIpc) is 3.26. The van der Waals surface area contributed by atoms with Crippen LogP contribution in [0.25, 0.3) is 0 Å². The molecule has 1 aliphatic carbocycles. The number of hydrogen-bond acceptors (Lipinski definition) is 2. The molecule has 1 N–H and O–H groups in total. The van der Waals surface area contributed by atoms with Crippen molar-refractivity contribution in [2.75, 3.05) is 0 Å². The molecule has 0 heterocycles. The Bertz CT molecular complexity index is 653. The Hall–Kier alpha value is -1.22. The van der Waals surface area contributed by atoms with Crippen molar-refractivity contribution in [1.29, 1.82) is 0 Å². The van der Waals surface area contributed by atoms with Gasteiger partial charge in [0, 0.05) is 28.2 Å². The van der Waals surface area contributed by atoms with Crippen molar-refractivity contribution in [2.45, 2.75) is 32.4 Å². The fourth-order valence-electron chi connectivity index (χ4n) is 2.14. The molecule has 0 bridgehead atoms. The van der Waals surface area contributed by atoms with E-state index in [1.54, 1.807) is 0 Å². The predicted octanol–water partition coefficient (Wildman–Crippen LogP) is 5.35. The van der Waals surface area contributed by atoms with Gasteiger partial charge in [-0.3, -0.25) is 0 Å². The molecule has 0 radical (unpaired) electrons. The van der Waals surface area contributed by atoms with Crippen molar-refractivity contribution in [3.05, 3.63) is 57.6 Å². The first-order valence-electron chi connectivity index (χ1n) is 7.08. The van der Waals surface area contributed by atoms with Crippen LogP contribution in [0.1, 0.15) is 24.0 Å². The van der Waals surface area contributed by atoms with Crippen LogP contribution in [0.3, 0.4) is 0 Å². The number of nitrogens with one attached hydrogen (secondary N) is 1. The van der Waals surface area contributed by atoms with E-state index < -0.39 is 0 Å². The first-order valence-corrected chi connectivity index (χ1v) is 7.84. The summed E-state index contributed by atoms with van der Waals surface area (Å²) < 4.78 is 6.05. The molecule has 110 valence electrons. The maximum atomic E-state index is 6.32. The van der Waals surface area contributed by atoms with Gasteiger partial charge in [0.05, 0.1) is 0 Å². The molecule has 0 saturated heterocycles. The number of hydrogen-bond donors (Lipinski definition) is 1. The number of benzene rings is 2. The lowest BCUT2D eigenvalue weighted by Crippen LogP contribution is -2.16. The highest BCUT2D eigenvalue weighted by atomic mass is 35.5. The number of aryl methyl sites for hydroxylation is 1. The lowest BCUT2D eigenvalue weighted by atomic mass is 10.2. The number of ether oxygens (including phenoxy) is 1. The van der Waals surface area contributed by atoms with E-state index in [1.807, 2.05) is 43.3 Å². The van der Waals surface area contributed by atoms with Gasteiger partial charge in [0.15, 0.2) is 0 Å². The second-order valence-electron chi connectivity index (χ2n) is 5.38. The summed E-state index contributed by atoms with van der Waals surface area (Å²) in [7, 11) is 0. The summed E-state index contributed by atoms with van der Waals surface area (Å²) in [5, 5.41) is 4.86. The van der Waals surface area contributed by atoms with Crippen LogP contribution in [0.5, 0.6) is 11.5 Å². The van der Waals surface area contributed by atoms with Crippen LogP contribution in [0.4, 0.5) is 0 Å². The van der Waals surface area contributed by atoms with Gasteiger partial charge in [-0.1, -0.05) is 35.3 Å². The Kier molecular flexibility index (Phi) is 4.39. The zero-order valence-electron chi connectivity index (χ0n) is 11.8. The highest BCUT2D eigenvalue weighted by Crippen LogP contribution is 2.33. The molecule has 3 rings (SSSR count). The molecule has 0 spiro atoms. The summed E-state index contributed by atoms with van der Waals surface area (Å²) in [6, 6.07) is 12.0. The van der Waals surface area contributed by atoms with E-state index in [-0.39, 0.29) is 0 Å². The standard InChI is InChI=1S/C17H17Cl2NO/c1-11-5-6-12(18)9-17(11)21-16-4-2-3-15(19)14(16)10-20-13-7-8-13/h2-6,9,13,20H,7-8,10H2,1H3. The van der Waals surface area contributed by atoms with Crippen LogP contribution in [0.15, 0.2) is 36.4 Å². The Balaban J connectivity index is 1.86. The third-order valence-electron chi connectivity index (χ3n) is 3.59. The average molecular weight is 322 g/mol. The summed E-state index contributed by atoms with van der Waals surface area (Å²) >= 11 is 12.4. The topological polar surface area (TPSA) is 21.3 Å².